The zero-order chi connectivity index (χ0) is 20.8. The zero-order valence-electron chi connectivity index (χ0n) is 17.2. The predicted molar refractivity (Wildman–Crippen MR) is 116 cm³/mol. The van der Waals surface area contributed by atoms with Crippen LogP contribution in [-0.4, -0.2) is 26.4 Å². The van der Waals surface area contributed by atoms with Crippen LogP contribution in [0.25, 0.3) is 0 Å². The van der Waals surface area contributed by atoms with Crippen molar-refractivity contribution >= 4 is 23.4 Å². The number of carbonyl (C=O) groups excluding carboxylic acids is 1. The molecule has 6 nitrogen and oxygen atoms in total. The molecule has 0 saturated carbocycles. The SMILES string of the molecule is CCc1ccc(NC(=O)CSc2nnc(COc3c(C)cccc3C)n2C)cc1. The molecule has 152 valence electrons. The van der Waals surface area contributed by atoms with Crippen molar-refractivity contribution in [2.75, 3.05) is 11.1 Å². The summed E-state index contributed by atoms with van der Waals surface area (Å²) in [6, 6.07) is 13.9. The minimum absolute atomic E-state index is 0.0735. The first-order chi connectivity index (χ1) is 14.0. The van der Waals surface area contributed by atoms with Gasteiger partial charge in [-0.25, -0.2) is 0 Å². The van der Waals surface area contributed by atoms with E-state index < -0.39 is 0 Å². The van der Waals surface area contributed by atoms with Crippen LogP contribution < -0.4 is 10.1 Å². The molecule has 1 aromatic heterocycles. The summed E-state index contributed by atoms with van der Waals surface area (Å²) >= 11 is 1.35. The second-order valence-corrected chi connectivity index (χ2v) is 7.80. The Kier molecular flexibility index (Phi) is 6.93. The van der Waals surface area contributed by atoms with Crippen LogP contribution in [0.2, 0.25) is 0 Å². The Morgan fingerprint density at radius 2 is 1.79 bits per heavy atom. The van der Waals surface area contributed by atoms with Gasteiger partial charge in [-0.2, -0.15) is 0 Å². The van der Waals surface area contributed by atoms with Gasteiger partial charge in [0.2, 0.25) is 5.91 Å². The number of hydrogen-bond acceptors (Lipinski definition) is 5. The second-order valence-electron chi connectivity index (χ2n) is 6.85. The fourth-order valence-corrected chi connectivity index (χ4v) is 3.64. The number of nitrogens with zero attached hydrogens (tertiary/aromatic N) is 3. The molecule has 0 atom stereocenters. The number of benzene rings is 2. The van der Waals surface area contributed by atoms with E-state index in [-0.39, 0.29) is 11.7 Å². The standard InChI is InChI=1S/C22H26N4O2S/c1-5-17-9-11-18(12-10-17)23-20(27)14-29-22-25-24-19(26(22)4)13-28-21-15(2)7-6-8-16(21)3/h6-12H,5,13-14H2,1-4H3,(H,23,27). The van der Waals surface area contributed by atoms with Crippen molar-refractivity contribution in [2.24, 2.45) is 7.05 Å². The van der Waals surface area contributed by atoms with E-state index in [1.165, 1.54) is 17.3 Å². The molecule has 1 N–H and O–H groups in total. The molecule has 3 rings (SSSR count). The van der Waals surface area contributed by atoms with Crippen LogP contribution in [0.3, 0.4) is 0 Å². The number of anilines is 1. The molecule has 29 heavy (non-hydrogen) atoms. The topological polar surface area (TPSA) is 69.0 Å². The van der Waals surface area contributed by atoms with Gasteiger partial charge < -0.3 is 14.6 Å². The van der Waals surface area contributed by atoms with Crippen molar-refractivity contribution in [1.29, 1.82) is 0 Å². The van der Waals surface area contributed by atoms with Gasteiger partial charge in [-0.05, 0) is 49.1 Å². The maximum atomic E-state index is 12.2. The van der Waals surface area contributed by atoms with E-state index in [0.717, 1.165) is 29.0 Å². The molecule has 0 bridgehead atoms. The van der Waals surface area contributed by atoms with Crippen molar-refractivity contribution < 1.29 is 9.53 Å². The molecule has 2 aromatic carbocycles. The molecule has 3 aromatic rings. The van der Waals surface area contributed by atoms with Gasteiger partial charge in [-0.15, -0.1) is 10.2 Å². The highest BCUT2D eigenvalue weighted by Gasteiger charge is 2.13. The highest BCUT2D eigenvalue weighted by Crippen LogP contribution is 2.24. The summed E-state index contributed by atoms with van der Waals surface area (Å²) in [7, 11) is 1.88. The quantitative estimate of drug-likeness (QED) is 0.561. The van der Waals surface area contributed by atoms with E-state index >= 15 is 0 Å². The Hall–Kier alpha value is -2.80. The lowest BCUT2D eigenvalue weighted by Crippen LogP contribution is -2.14. The first kappa shape index (κ1) is 20.9. The van der Waals surface area contributed by atoms with Crippen molar-refractivity contribution in [1.82, 2.24) is 14.8 Å². The fourth-order valence-electron chi connectivity index (χ4n) is 2.91. The van der Waals surface area contributed by atoms with Gasteiger partial charge in [0.05, 0.1) is 5.75 Å². The number of amides is 1. The smallest absolute Gasteiger partial charge is 0.234 e. The van der Waals surface area contributed by atoms with Crippen LogP contribution >= 0.6 is 11.8 Å². The van der Waals surface area contributed by atoms with E-state index in [2.05, 4.69) is 22.4 Å². The number of aromatic nitrogens is 3. The summed E-state index contributed by atoms with van der Waals surface area (Å²) < 4.78 is 7.82. The summed E-state index contributed by atoms with van der Waals surface area (Å²) in [6.45, 7) is 6.47. The van der Waals surface area contributed by atoms with Crippen molar-refractivity contribution in [3.63, 3.8) is 0 Å². The van der Waals surface area contributed by atoms with E-state index in [1.54, 1.807) is 0 Å². The molecular formula is C22H26N4O2S. The number of aryl methyl sites for hydroxylation is 3. The van der Waals surface area contributed by atoms with Crippen molar-refractivity contribution in [3.05, 3.63) is 65.0 Å². The minimum Gasteiger partial charge on any atom is -0.485 e. The molecule has 0 aliphatic heterocycles. The van der Waals surface area contributed by atoms with E-state index in [4.69, 9.17) is 4.74 Å². The predicted octanol–water partition coefficient (Wildman–Crippen LogP) is 4.30. The average molecular weight is 411 g/mol. The highest BCUT2D eigenvalue weighted by molar-refractivity contribution is 7.99. The van der Waals surface area contributed by atoms with Crippen molar-refractivity contribution in [2.45, 2.75) is 39.0 Å². The number of thioether (sulfide) groups is 1. The van der Waals surface area contributed by atoms with Crippen LogP contribution in [0.1, 0.15) is 29.4 Å². The highest BCUT2D eigenvalue weighted by atomic mass is 32.2. The first-order valence-corrected chi connectivity index (χ1v) is 10.6. The van der Waals surface area contributed by atoms with Crippen LogP contribution in [-0.2, 0) is 24.9 Å². The van der Waals surface area contributed by atoms with E-state index in [0.29, 0.717) is 17.6 Å². The van der Waals surface area contributed by atoms with E-state index in [9.17, 15) is 4.79 Å². The molecule has 1 heterocycles. The Morgan fingerprint density at radius 1 is 1.10 bits per heavy atom. The maximum Gasteiger partial charge on any atom is 0.234 e. The van der Waals surface area contributed by atoms with Gasteiger partial charge in [0.15, 0.2) is 11.0 Å². The van der Waals surface area contributed by atoms with Crippen molar-refractivity contribution in [3.8, 4) is 5.75 Å². The third-order valence-corrected chi connectivity index (χ3v) is 5.68. The monoisotopic (exact) mass is 410 g/mol. The fraction of sp³-hybridized carbons (Fsp3) is 0.318. The molecule has 0 fully saturated rings. The van der Waals surface area contributed by atoms with Crippen LogP contribution in [0, 0.1) is 13.8 Å². The molecule has 0 aliphatic carbocycles. The number of para-hydroxylation sites is 1. The number of nitrogens with one attached hydrogen (secondary N) is 1. The average Bonchev–Trinajstić information content (AvgIpc) is 3.06. The number of carbonyl (C=O) groups is 1. The molecule has 0 aliphatic rings. The number of hydrogen-bond donors (Lipinski definition) is 1. The molecule has 0 saturated heterocycles. The minimum atomic E-state index is -0.0735. The van der Waals surface area contributed by atoms with Crippen LogP contribution in [0.4, 0.5) is 5.69 Å². The van der Waals surface area contributed by atoms with Gasteiger partial charge in [0.25, 0.3) is 0 Å². The van der Waals surface area contributed by atoms with Gasteiger partial charge in [0, 0.05) is 12.7 Å². The lowest BCUT2D eigenvalue weighted by atomic mass is 10.1. The Labute approximate surface area is 175 Å². The van der Waals surface area contributed by atoms with Gasteiger partial charge >= 0.3 is 0 Å². The molecule has 1 amide bonds. The second kappa shape index (κ2) is 9.60. The summed E-state index contributed by atoms with van der Waals surface area (Å²) in [5, 5.41) is 12.0. The van der Waals surface area contributed by atoms with E-state index in [1.807, 2.05) is 67.9 Å². The largest absolute Gasteiger partial charge is 0.485 e. The zero-order valence-corrected chi connectivity index (χ0v) is 18.0. The van der Waals surface area contributed by atoms with Crippen LogP contribution in [0.5, 0.6) is 5.75 Å². The normalized spacial score (nSPS) is 10.8. The van der Waals surface area contributed by atoms with Gasteiger partial charge in [0.1, 0.15) is 12.4 Å². The summed E-state index contributed by atoms with van der Waals surface area (Å²) in [5.41, 5.74) is 4.22. The lowest BCUT2D eigenvalue weighted by molar-refractivity contribution is -0.113. The third-order valence-electron chi connectivity index (χ3n) is 4.66. The number of ether oxygens (including phenoxy) is 1. The third kappa shape index (κ3) is 5.38. The molecular weight excluding hydrogens is 384 g/mol. The number of rotatable bonds is 8. The Balaban J connectivity index is 1.54. The summed E-state index contributed by atoms with van der Waals surface area (Å²) in [4.78, 5) is 12.2. The molecule has 0 unspecified atom stereocenters. The van der Waals surface area contributed by atoms with Gasteiger partial charge in [-0.3, -0.25) is 4.79 Å². The van der Waals surface area contributed by atoms with Crippen LogP contribution in [0.15, 0.2) is 47.6 Å². The maximum absolute atomic E-state index is 12.2. The lowest BCUT2D eigenvalue weighted by Gasteiger charge is -2.11. The summed E-state index contributed by atoms with van der Waals surface area (Å²) in [5.74, 6) is 1.78. The van der Waals surface area contributed by atoms with Gasteiger partial charge in [-0.1, -0.05) is 49.0 Å². The molecule has 7 heteroatoms. The Bertz CT molecular complexity index is 963. The Morgan fingerprint density at radius 3 is 2.45 bits per heavy atom. The first-order valence-electron chi connectivity index (χ1n) is 9.56. The molecule has 0 spiro atoms. The molecule has 0 radical (unpaired) electrons. The summed E-state index contributed by atoms with van der Waals surface area (Å²) in [6.07, 6.45) is 0.978.